The molecule has 23 heavy (non-hydrogen) atoms. The van der Waals surface area contributed by atoms with Crippen LogP contribution in [0.3, 0.4) is 0 Å². The number of fused-ring (bicyclic) bond motifs is 1. The van der Waals surface area contributed by atoms with E-state index in [0.717, 1.165) is 0 Å². The maximum Gasteiger partial charge on any atom is 0.210 e. The van der Waals surface area contributed by atoms with Crippen molar-refractivity contribution in [2.45, 2.75) is 31.6 Å². The van der Waals surface area contributed by atoms with Crippen molar-refractivity contribution in [3.05, 3.63) is 29.3 Å². The molecule has 0 saturated carbocycles. The summed E-state index contributed by atoms with van der Waals surface area (Å²) in [5.41, 5.74) is 0.325. The molecule has 0 aromatic heterocycles. The summed E-state index contributed by atoms with van der Waals surface area (Å²) in [6, 6.07) is 6.66. The van der Waals surface area contributed by atoms with Crippen LogP contribution >= 0.6 is 0 Å². The zero-order valence-electron chi connectivity index (χ0n) is 13.5. The molecule has 0 spiro atoms. The van der Waals surface area contributed by atoms with E-state index in [9.17, 15) is 5.11 Å². The summed E-state index contributed by atoms with van der Waals surface area (Å²) in [6.45, 7) is 3.58. The first-order valence-electron chi connectivity index (χ1n) is 7.14. The third-order valence-electron chi connectivity index (χ3n) is 3.97. The lowest BCUT2D eigenvalue weighted by Gasteiger charge is -2.45. The highest BCUT2D eigenvalue weighted by Gasteiger charge is 2.45. The molecule has 1 heterocycles. The van der Waals surface area contributed by atoms with E-state index in [-0.39, 0.29) is 0 Å². The summed E-state index contributed by atoms with van der Waals surface area (Å²) < 4.78 is 5.87. The fourth-order valence-electron chi connectivity index (χ4n) is 2.75. The first-order chi connectivity index (χ1) is 10.9. The number of nitriles is 2. The third-order valence-corrected chi connectivity index (χ3v) is 3.97. The van der Waals surface area contributed by atoms with Gasteiger partial charge in [-0.25, -0.2) is 0 Å². The van der Waals surface area contributed by atoms with Crippen molar-refractivity contribution in [1.82, 2.24) is 10.2 Å². The maximum atomic E-state index is 10.8. The lowest BCUT2D eigenvalue weighted by molar-refractivity contribution is -0.0788. The molecule has 0 amide bonds. The van der Waals surface area contributed by atoms with E-state index in [2.05, 4.69) is 16.4 Å². The quantitative estimate of drug-likeness (QED) is 0.457. The number of aliphatic hydroxyl groups is 1. The van der Waals surface area contributed by atoms with Crippen molar-refractivity contribution in [2.75, 3.05) is 14.1 Å². The van der Waals surface area contributed by atoms with Gasteiger partial charge in [-0.05, 0) is 32.0 Å². The number of nitrogens with one attached hydrogen (secondary N) is 1. The average molecular weight is 313 g/mol. The molecule has 2 rings (SSSR count). The standard InChI is InChI=1S/C16H19N5O2/c1-16(2)14(22)13(21(4)15(19-3)20-9-18)11-7-10(8-17)5-6-12(11)23-16/h5-7,13-14,22H,1-4H3,(H,19,20). The number of hydrogen-bond acceptors (Lipinski definition) is 5. The second-order valence-electron chi connectivity index (χ2n) is 5.86. The first kappa shape index (κ1) is 16.6. The Morgan fingerprint density at radius 1 is 1.43 bits per heavy atom. The minimum atomic E-state index is -0.883. The van der Waals surface area contributed by atoms with Crippen molar-refractivity contribution in [2.24, 2.45) is 4.99 Å². The summed E-state index contributed by atoms with van der Waals surface area (Å²) >= 11 is 0. The third kappa shape index (κ3) is 2.92. The zero-order chi connectivity index (χ0) is 17.2. The molecule has 0 radical (unpaired) electrons. The molecule has 1 aliphatic heterocycles. The Morgan fingerprint density at radius 2 is 2.13 bits per heavy atom. The van der Waals surface area contributed by atoms with Gasteiger partial charge in [-0.15, -0.1) is 4.99 Å². The van der Waals surface area contributed by atoms with Crippen molar-refractivity contribution < 1.29 is 9.84 Å². The first-order valence-corrected chi connectivity index (χ1v) is 7.14. The Kier molecular flexibility index (Phi) is 4.44. The number of guanidine groups is 1. The molecule has 0 aliphatic carbocycles. The van der Waals surface area contributed by atoms with E-state index in [1.807, 2.05) is 0 Å². The molecular formula is C16H19N5O2. The predicted molar refractivity (Wildman–Crippen MR) is 84.5 cm³/mol. The maximum absolute atomic E-state index is 10.8. The van der Waals surface area contributed by atoms with E-state index in [4.69, 9.17) is 15.3 Å². The molecule has 120 valence electrons. The van der Waals surface area contributed by atoms with Gasteiger partial charge in [0.25, 0.3) is 0 Å². The lowest BCUT2D eigenvalue weighted by atomic mass is 9.85. The summed E-state index contributed by atoms with van der Waals surface area (Å²) in [5, 5.41) is 31.6. The van der Waals surface area contributed by atoms with Gasteiger partial charge in [0.1, 0.15) is 17.5 Å². The van der Waals surface area contributed by atoms with Gasteiger partial charge in [0, 0.05) is 19.7 Å². The smallest absolute Gasteiger partial charge is 0.210 e. The molecule has 1 aliphatic rings. The van der Waals surface area contributed by atoms with Crippen LogP contribution in [-0.2, 0) is 0 Å². The minimum Gasteiger partial charge on any atom is -0.485 e. The van der Waals surface area contributed by atoms with Crippen LogP contribution in [0.4, 0.5) is 0 Å². The number of likely N-dealkylation sites (N-methyl/N-ethyl adjacent to an activating group) is 1. The molecule has 0 saturated heterocycles. The molecule has 1 aromatic carbocycles. The van der Waals surface area contributed by atoms with Gasteiger partial charge in [-0.2, -0.15) is 10.5 Å². The van der Waals surface area contributed by atoms with Gasteiger partial charge in [0.2, 0.25) is 12.2 Å². The van der Waals surface area contributed by atoms with E-state index < -0.39 is 17.7 Å². The van der Waals surface area contributed by atoms with Crippen LogP contribution in [0.1, 0.15) is 31.0 Å². The van der Waals surface area contributed by atoms with Crippen LogP contribution in [0.25, 0.3) is 0 Å². The van der Waals surface area contributed by atoms with Crippen LogP contribution in [0.2, 0.25) is 0 Å². The molecule has 2 N–H and O–H groups in total. The molecule has 7 nitrogen and oxygen atoms in total. The van der Waals surface area contributed by atoms with Gasteiger partial charge in [0.05, 0.1) is 17.7 Å². The Hall–Kier alpha value is -2.77. The Balaban J connectivity index is 2.59. The Morgan fingerprint density at radius 3 is 2.70 bits per heavy atom. The fourth-order valence-corrected chi connectivity index (χ4v) is 2.75. The van der Waals surface area contributed by atoms with Crippen LogP contribution in [0.15, 0.2) is 23.2 Å². The summed E-state index contributed by atoms with van der Waals surface area (Å²) in [4.78, 5) is 5.41. The molecule has 1 aromatic rings. The van der Waals surface area contributed by atoms with E-state index >= 15 is 0 Å². The highest BCUT2D eigenvalue weighted by Crippen LogP contribution is 2.42. The van der Waals surface area contributed by atoms with Crippen LogP contribution in [-0.4, -0.2) is 41.8 Å². The molecule has 0 bridgehead atoms. The SMILES string of the molecule is CNC(=NC#N)N(C)C1c2cc(C#N)ccc2OC(C)(C)C1O. The van der Waals surface area contributed by atoms with Gasteiger partial charge in [-0.1, -0.05) is 0 Å². The monoisotopic (exact) mass is 313 g/mol. The number of nitrogens with zero attached hydrogens (tertiary/aromatic N) is 4. The van der Waals surface area contributed by atoms with Gasteiger partial charge >= 0.3 is 0 Å². The number of hydrogen-bond donors (Lipinski definition) is 2. The van der Waals surface area contributed by atoms with Gasteiger partial charge in [-0.3, -0.25) is 0 Å². The number of ether oxygens (including phenoxy) is 1. The summed E-state index contributed by atoms with van der Waals surface area (Å²) in [5.74, 6) is 0.922. The van der Waals surface area contributed by atoms with Crippen molar-refractivity contribution >= 4 is 5.96 Å². The van der Waals surface area contributed by atoms with E-state index in [1.165, 1.54) is 0 Å². The molecule has 0 fully saturated rings. The molecule has 2 atom stereocenters. The normalized spacial score (nSPS) is 22.1. The molecular weight excluding hydrogens is 294 g/mol. The predicted octanol–water partition coefficient (Wildman–Crippen LogP) is 1.12. The number of benzene rings is 1. The molecule has 7 heteroatoms. The lowest BCUT2D eigenvalue weighted by Crippen LogP contribution is -2.55. The average Bonchev–Trinajstić information content (AvgIpc) is 2.52. The Labute approximate surface area is 135 Å². The van der Waals surface area contributed by atoms with Crippen molar-refractivity contribution in [1.29, 1.82) is 10.5 Å². The summed E-state index contributed by atoms with van der Waals surface area (Å²) in [7, 11) is 3.38. The topological polar surface area (TPSA) is 105 Å². The van der Waals surface area contributed by atoms with Crippen LogP contribution < -0.4 is 10.1 Å². The minimum absolute atomic E-state index is 0.322. The van der Waals surface area contributed by atoms with Gasteiger partial charge in [0.15, 0.2) is 0 Å². The second-order valence-corrected chi connectivity index (χ2v) is 5.86. The highest BCUT2D eigenvalue weighted by atomic mass is 16.5. The van der Waals surface area contributed by atoms with Crippen LogP contribution in [0.5, 0.6) is 5.75 Å². The zero-order valence-corrected chi connectivity index (χ0v) is 13.5. The van der Waals surface area contributed by atoms with E-state index in [1.54, 1.807) is 57.2 Å². The number of aliphatic imine (C=N–C) groups is 1. The Bertz CT molecular complexity index is 714. The van der Waals surface area contributed by atoms with Gasteiger partial charge < -0.3 is 20.1 Å². The number of rotatable bonds is 1. The summed E-state index contributed by atoms with van der Waals surface area (Å²) in [6.07, 6.45) is 0.856. The highest BCUT2D eigenvalue weighted by molar-refractivity contribution is 5.81. The van der Waals surface area contributed by atoms with Crippen molar-refractivity contribution in [3.63, 3.8) is 0 Å². The second kappa shape index (κ2) is 6.15. The fraction of sp³-hybridized carbons (Fsp3) is 0.438. The number of aliphatic hydroxyl groups excluding tert-OH is 1. The van der Waals surface area contributed by atoms with E-state index in [0.29, 0.717) is 22.8 Å². The van der Waals surface area contributed by atoms with Crippen LogP contribution in [0, 0.1) is 22.8 Å². The largest absolute Gasteiger partial charge is 0.485 e. The van der Waals surface area contributed by atoms with Crippen molar-refractivity contribution in [3.8, 4) is 18.0 Å². The molecule has 2 unspecified atom stereocenters.